The van der Waals surface area contributed by atoms with Crippen molar-refractivity contribution in [1.82, 2.24) is 19.7 Å². The van der Waals surface area contributed by atoms with Crippen LogP contribution in [0.15, 0.2) is 24.5 Å². The number of rotatable bonds is 3. The topological polar surface area (TPSA) is 140 Å². The monoisotopic (exact) mass is 411 g/mol. The van der Waals surface area contributed by atoms with Crippen LogP contribution in [0.5, 0.6) is 0 Å². The molecular formula is C16H15Cl2N5O4. The first kappa shape index (κ1) is 18.4. The number of nitrogens with zero attached hydrogens (tertiary/aromatic N) is 4. The molecule has 27 heavy (non-hydrogen) atoms. The lowest BCUT2D eigenvalue weighted by atomic mass is 10.1. The Kier molecular flexibility index (Phi) is 4.66. The van der Waals surface area contributed by atoms with Crippen LogP contribution in [0.1, 0.15) is 6.23 Å². The SMILES string of the molecule is Nc1ncnc2c1c(-c1ccc(Cl)c(Cl)c1)nn2[C@@H]1O[C@H](CO)[C@@H](O)[C@H]1O. The molecule has 0 saturated carbocycles. The smallest absolute Gasteiger partial charge is 0.181 e. The fourth-order valence-corrected chi connectivity index (χ4v) is 3.40. The number of anilines is 1. The van der Waals surface area contributed by atoms with E-state index in [1.165, 1.54) is 11.0 Å². The summed E-state index contributed by atoms with van der Waals surface area (Å²) in [5.41, 5.74) is 7.37. The molecular weight excluding hydrogens is 397 g/mol. The summed E-state index contributed by atoms with van der Waals surface area (Å²) in [6.45, 7) is -0.454. The van der Waals surface area contributed by atoms with Gasteiger partial charge in [-0.15, -0.1) is 0 Å². The van der Waals surface area contributed by atoms with Crippen LogP contribution in [-0.4, -0.2) is 60.0 Å². The molecule has 0 unspecified atom stereocenters. The summed E-state index contributed by atoms with van der Waals surface area (Å²) in [5.74, 6) is 0.180. The van der Waals surface area contributed by atoms with Gasteiger partial charge in [-0.05, 0) is 12.1 Å². The zero-order valence-electron chi connectivity index (χ0n) is 13.7. The Hall–Kier alpha value is -2.01. The number of halogens is 2. The lowest BCUT2D eigenvalue weighted by Crippen LogP contribution is -2.33. The van der Waals surface area contributed by atoms with E-state index < -0.39 is 31.1 Å². The number of nitrogen functional groups attached to an aromatic ring is 1. The predicted octanol–water partition coefficient (Wildman–Crippen LogP) is 0.994. The van der Waals surface area contributed by atoms with Crippen LogP contribution in [0.2, 0.25) is 10.0 Å². The fourth-order valence-electron chi connectivity index (χ4n) is 3.10. The Bertz CT molecular complexity index is 1010. The van der Waals surface area contributed by atoms with E-state index in [-0.39, 0.29) is 5.82 Å². The van der Waals surface area contributed by atoms with E-state index in [4.69, 9.17) is 33.7 Å². The number of nitrogens with two attached hydrogens (primary N) is 1. The minimum Gasteiger partial charge on any atom is -0.394 e. The quantitative estimate of drug-likeness (QED) is 0.500. The van der Waals surface area contributed by atoms with E-state index in [0.29, 0.717) is 32.3 Å². The highest BCUT2D eigenvalue weighted by atomic mass is 35.5. The summed E-state index contributed by atoms with van der Waals surface area (Å²) in [6.07, 6.45) is -3.34. The Balaban J connectivity index is 1.91. The molecule has 142 valence electrons. The molecule has 1 aliphatic heterocycles. The summed E-state index contributed by atoms with van der Waals surface area (Å²) in [5, 5.41) is 35.3. The number of ether oxygens (including phenoxy) is 1. The summed E-state index contributed by atoms with van der Waals surface area (Å²) >= 11 is 12.1. The van der Waals surface area contributed by atoms with Gasteiger partial charge in [-0.25, -0.2) is 14.6 Å². The van der Waals surface area contributed by atoms with Gasteiger partial charge in [0.25, 0.3) is 0 Å². The third-order valence-corrected chi connectivity index (χ3v) is 5.21. The molecule has 1 saturated heterocycles. The van der Waals surface area contributed by atoms with Crippen molar-refractivity contribution in [2.45, 2.75) is 24.5 Å². The minimum absolute atomic E-state index is 0.180. The van der Waals surface area contributed by atoms with E-state index in [2.05, 4.69) is 15.1 Å². The number of hydrogen-bond donors (Lipinski definition) is 4. The lowest BCUT2D eigenvalue weighted by molar-refractivity contribution is -0.0565. The standard InChI is InChI=1S/C16H15Cl2N5O4/c17-7-2-1-6(3-8(7)18)11-10-14(19)20-5-21-15(10)23(22-11)16-13(26)12(25)9(4-24)27-16/h1-3,5,9,12-13,16,24-26H,4H2,(H2,19,20,21)/t9-,12-,13-,16-/m1/s1. The van der Waals surface area contributed by atoms with Crippen molar-refractivity contribution >= 4 is 40.1 Å². The minimum atomic E-state index is -1.32. The summed E-state index contributed by atoms with van der Waals surface area (Å²) in [7, 11) is 0. The molecule has 3 aromatic rings. The maximum atomic E-state index is 10.3. The molecule has 0 radical (unpaired) electrons. The van der Waals surface area contributed by atoms with E-state index in [1.807, 2.05) is 0 Å². The van der Waals surface area contributed by atoms with Crippen LogP contribution < -0.4 is 5.73 Å². The largest absolute Gasteiger partial charge is 0.394 e. The molecule has 5 N–H and O–H groups in total. The van der Waals surface area contributed by atoms with E-state index in [0.717, 1.165) is 0 Å². The second-order valence-electron chi connectivity index (χ2n) is 6.11. The highest BCUT2D eigenvalue weighted by Crippen LogP contribution is 2.37. The molecule has 0 spiro atoms. The maximum Gasteiger partial charge on any atom is 0.181 e. The highest BCUT2D eigenvalue weighted by Gasteiger charge is 2.44. The molecule has 1 fully saturated rings. The summed E-state index contributed by atoms with van der Waals surface area (Å²) < 4.78 is 6.88. The Morgan fingerprint density at radius 2 is 1.93 bits per heavy atom. The van der Waals surface area contributed by atoms with Crippen molar-refractivity contribution < 1.29 is 20.1 Å². The van der Waals surface area contributed by atoms with E-state index >= 15 is 0 Å². The zero-order chi connectivity index (χ0) is 19.3. The van der Waals surface area contributed by atoms with Crippen LogP contribution in [0.25, 0.3) is 22.3 Å². The van der Waals surface area contributed by atoms with Gasteiger partial charge in [0.2, 0.25) is 0 Å². The van der Waals surface area contributed by atoms with Gasteiger partial charge >= 0.3 is 0 Å². The van der Waals surface area contributed by atoms with Crippen LogP contribution in [0.3, 0.4) is 0 Å². The number of hydrogen-bond acceptors (Lipinski definition) is 8. The highest BCUT2D eigenvalue weighted by molar-refractivity contribution is 6.42. The molecule has 4 rings (SSSR count). The second kappa shape index (κ2) is 6.86. The Labute approximate surface area is 162 Å². The van der Waals surface area contributed by atoms with Crippen LogP contribution in [0, 0.1) is 0 Å². The van der Waals surface area contributed by atoms with Crippen molar-refractivity contribution in [1.29, 1.82) is 0 Å². The molecule has 0 amide bonds. The van der Waals surface area contributed by atoms with Gasteiger partial charge < -0.3 is 25.8 Å². The van der Waals surface area contributed by atoms with E-state index in [1.54, 1.807) is 18.2 Å². The van der Waals surface area contributed by atoms with Gasteiger partial charge in [0.1, 0.15) is 36.2 Å². The van der Waals surface area contributed by atoms with Gasteiger partial charge in [-0.3, -0.25) is 0 Å². The average molecular weight is 412 g/mol. The first-order valence-electron chi connectivity index (χ1n) is 7.99. The first-order chi connectivity index (χ1) is 12.9. The maximum absolute atomic E-state index is 10.3. The third kappa shape index (κ3) is 2.92. The van der Waals surface area contributed by atoms with Crippen molar-refractivity contribution in [3.63, 3.8) is 0 Å². The molecule has 4 atom stereocenters. The third-order valence-electron chi connectivity index (χ3n) is 4.47. The number of benzene rings is 1. The zero-order valence-corrected chi connectivity index (χ0v) is 15.2. The molecule has 11 heteroatoms. The molecule has 1 aliphatic rings. The van der Waals surface area contributed by atoms with Crippen molar-refractivity contribution in [2.75, 3.05) is 12.3 Å². The lowest BCUT2D eigenvalue weighted by Gasteiger charge is -2.15. The van der Waals surface area contributed by atoms with Crippen LogP contribution >= 0.6 is 23.2 Å². The molecule has 2 aromatic heterocycles. The van der Waals surface area contributed by atoms with Crippen LogP contribution in [-0.2, 0) is 4.74 Å². The number of fused-ring (bicyclic) bond motifs is 1. The first-order valence-corrected chi connectivity index (χ1v) is 8.74. The molecule has 0 bridgehead atoms. The summed E-state index contributed by atoms with van der Waals surface area (Å²) in [6, 6.07) is 4.96. The van der Waals surface area contributed by atoms with Crippen molar-refractivity contribution in [2.24, 2.45) is 0 Å². The van der Waals surface area contributed by atoms with Gasteiger partial charge in [0.15, 0.2) is 11.9 Å². The average Bonchev–Trinajstić information content (AvgIpc) is 3.17. The number of aromatic nitrogens is 4. The molecule has 0 aliphatic carbocycles. The number of aliphatic hydroxyl groups excluding tert-OH is 3. The second-order valence-corrected chi connectivity index (χ2v) is 6.92. The van der Waals surface area contributed by atoms with Crippen molar-refractivity contribution in [3.8, 4) is 11.3 Å². The Morgan fingerprint density at radius 1 is 1.15 bits per heavy atom. The van der Waals surface area contributed by atoms with E-state index in [9.17, 15) is 15.3 Å². The van der Waals surface area contributed by atoms with Gasteiger partial charge in [0.05, 0.1) is 22.0 Å². The fraction of sp³-hybridized carbons (Fsp3) is 0.312. The van der Waals surface area contributed by atoms with Gasteiger partial charge in [-0.1, -0.05) is 29.3 Å². The number of aliphatic hydroxyl groups is 3. The molecule has 1 aromatic carbocycles. The predicted molar refractivity (Wildman–Crippen MR) is 98.2 cm³/mol. The Morgan fingerprint density at radius 3 is 2.59 bits per heavy atom. The normalized spacial score (nSPS) is 25.4. The molecule has 3 heterocycles. The van der Waals surface area contributed by atoms with Gasteiger partial charge in [0, 0.05) is 5.56 Å². The van der Waals surface area contributed by atoms with Gasteiger partial charge in [-0.2, -0.15) is 5.10 Å². The molecule has 9 nitrogen and oxygen atoms in total. The summed E-state index contributed by atoms with van der Waals surface area (Å²) in [4.78, 5) is 8.20. The van der Waals surface area contributed by atoms with Crippen molar-refractivity contribution in [3.05, 3.63) is 34.6 Å². The van der Waals surface area contributed by atoms with Crippen LogP contribution in [0.4, 0.5) is 5.82 Å².